The highest BCUT2D eigenvalue weighted by Gasteiger charge is 2.20. The Morgan fingerprint density at radius 2 is 2.28 bits per heavy atom. The van der Waals surface area contributed by atoms with Crippen LogP contribution in [0.15, 0.2) is 18.2 Å². The van der Waals surface area contributed by atoms with Gasteiger partial charge < -0.3 is 15.2 Å². The van der Waals surface area contributed by atoms with Gasteiger partial charge in [-0.05, 0) is 38.0 Å². The van der Waals surface area contributed by atoms with E-state index < -0.39 is 0 Å². The first-order valence-electron chi connectivity index (χ1n) is 6.48. The SMILES string of the molecule is CC(O)CCOc1ccc(F)cc1CNC1CC1. The molecule has 1 aliphatic carbocycles. The lowest BCUT2D eigenvalue weighted by Crippen LogP contribution is -2.16. The van der Waals surface area contributed by atoms with Crippen molar-refractivity contribution in [3.63, 3.8) is 0 Å². The lowest BCUT2D eigenvalue weighted by Gasteiger charge is -2.13. The largest absolute Gasteiger partial charge is 0.493 e. The van der Waals surface area contributed by atoms with Gasteiger partial charge in [0.15, 0.2) is 0 Å². The van der Waals surface area contributed by atoms with Crippen LogP contribution in [0.3, 0.4) is 0 Å². The van der Waals surface area contributed by atoms with E-state index in [2.05, 4.69) is 5.32 Å². The monoisotopic (exact) mass is 253 g/mol. The Morgan fingerprint density at radius 3 is 2.94 bits per heavy atom. The topological polar surface area (TPSA) is 41.5 Å². The third-order valence-corrected chi connectivity index (χ3v) is 2.97. The second kappa shape index (κ2) is 6.16. The van der Waals surface area contributed by atoms with Crippen molar-refractivity contribution in [3.05, 3.63) is 29.6 Å². The van der Waals surface area contributed by atoms with Gasteiger partial charge in [0.05, 0.1) is 12.7 Å². The Bertz CT molecular complexity index is 391. The van der Waals surface area contributed by atoms with E-state index in [1.807, 2.05) is 0 Å². The summed E-state index contributed by atoms with van der Waals surface area (Å²) in [6.45, 7) is 2.80. The van der Waals surface area contributed by atoms with Crippen molar-refractivity contribution in [1.82, 2.24) is 5.32 Å². The van der Waals surface area contributed by atoms with Gasteiger partial charge in [-0.1, -0.05) is 0 Å². The molecular weight excluding hydrogens is 233 g/mol. The predicted molar refractivity (Wildman–Crippen MR) is 68.1 cm³/mol. The first-order chi connectivity index (χ1) is 8.65. The molecule has 0 bridgehead atoms. The average molecular weight is 253 g/mol. The molecule has 1 atom stereocenters. The molecule has 0 saturated heterocycles. The fourth-order valence-corrected chi connectivity index (χ4v) is 1.71. The van der Waals surface area contributed by atoms with E-state index in [4.69, 9.17) is 4.74 Å². The molecule has 0 radical (unpaired) electrons. The third-order valence-electron chi connectivity index (χ3n) is 2.97. The zero-order chi connectivity index (χ0) is 13.0. The van der Waals surface area contributed by atoms with Gasteiger partial charge in [-0.25, -0.2) is 4.39 Å². The number of aliphatic hydroxyl groups excluding tert-OH is 1. The Balaban J connectivity index is 1.93. The van der Waals surface area contributed by atoms with Crippen LogP contribution < -0.4 is 10.1 Å². The number of benzene rings is 1. The summed E-state index contributed by atoms with van der Waals surface area (Å²) in [5.74, 6) is 0.454. The minimum Gasteiger partial charge on any atom is -0.493 e. The second-order valence-corrected chi connectivity index (χ2v) is 4.89. The molecule has 1 unspecified atom stereocenters. The molecule has 1 saturated carbocycles. The summed E-state index contributed by atoms with van der Waals surface area (Å²) in [6, 6.07) is 5.14. The van der Waals surface area contributed by atoms with Gasteiger partial charge in [0.1, 0.15) is 11.6 Å². The summed E-state index contributed by atoms with van der Waals surface area (Å²) in [7, 11) is 0. The van der Waals surface area contributed by atoms with Crippen LogP contribution in [0.4, 0.5) is 4.39 Å². The number of hydrogen-bond donors (Lipinski definition) is 2. The van der Waals surface area contributed by atoms with Gasteiger partial charge in [0, 0.05) is 24.6 Å². The van der Waals surface area contributed by atoms with Crippen molar-refractivity contribution in [1.29, 1.82) is 0 Å². The van der Waals surface area contributed by atoms with Crippen LogP contribution in [0.5, 0.6) is 5.75 Å². The summed E-state index contributed by atoms with van der Waals surface area (Å²) < 4.78 is 18.8. The van der Waals surface area contributed by atoms with Crippen LogP contribution in [0.1, 0.15) is 31.7 Å². The molecule has 0 heterocycles. The van der Waals surface area contributed by atoms with Crippen molar-refractivity contribution in [2.75, 3.05) is 6.61 Å². The smallest absolute Gasteiger partial charge is 0.123 e. The molecule has 3 nitrogen and oxygen atoms in total. The first kappa shape index (κ1) is 13.3. The van der Waals surface area contributed by atoms with Crippen LogP contribution >= 0.6 is 0 Å². The summed E-state index contributed by atoms with van der Waals surface area (Å²) in [5.41, 5.74) is 0.840. The molecule has 2 rings (SSSR count). The number of nitrogens with one attached hydrogen (secondary N) is 1. The van der Waals surface area contributed by atoms with E-state index in [1.54, 1.807) is 13.0 Å². The van der Waals surface area contributed by atoms with Gasteiger partial charge >= 0.3 is 0 Å². The maximum atomic E-state index is 13.2. The number of rotatable bonds is 7. The van der Waals surface area contributed by atoms with Crippen molar-refractivity contribution < 1.29 is 14.2 Å². The number of hydrogen-bond acceptors (Lipinski definition) is 3. The lowest BCUT2D eigenvalue weighted by atomic mass is 10.2. The van der Waals surface area contributed by atoms with Gasteiger partial charge in [-0.3, -0.25) is 0 Å². The van der Waals surface area contributed by atoms with Crippen LogP contribution in [-0.4, -0.2) is 23.9 Å². The Labute approximate surface area is 107 Å². The van der Waals surface area contributed by atoms with Crippen LogP contribution in [0.25, 0.3) is 0 Å². The van der Waals surface area contributed by atoms with Crippen molar-refractivity contribution in [2.45, 2.75) is 44.9 Å². The molecule has 0 aliphatic heterocycles. The van der Waals surface area contributed by atoms with Gasteiger partial charge in [0.2, 0.25) is 0 Å². The normalized spacial score (nSPS) is 16.6. The van der Waals surface area contributed by atoms with Crippen molar-refractivity contribution >= 4 is 0 Å². The summed E-state index contributed by atoms with van der Waals surface area (Å²) in [5, 5.41) is 12.5. The molecule has 18 heavy (non-hydrogen) atoms. The highest BCUT2D eigenvalue weighted by molar-refractivity contribution is 5.34. The number of aliphatic hydroxyl groups is 1. The van der Waals surface area contributed by atoms with Gasteiger partial charge in [-0.15, -0.1) is 0 Å². The van der Waals surface area contributed by atoms with Crippen molar-refractivity contribution in [2.24, 2.45) is 0 Å². The average Bonchev–Trinajstić information content (AvgIpc) is 3.12. The predicted octanol–water partition coefficient (Wildman–Crippen LogP) is 2.23. The fourth-order valence-electron chi connectivity index (χ4n) is 1.71. The van der Waals surface area contributed by atoms with Crippen LogP contribution in [0.2, 0.25) is 0 Å². The van der Waals surface area contributed by atoms with E-state index in [-0.39, 0.29) is 11.9 Å². The van der Waals surface area contributed by atoms with E-state index >= 15 is 0 Å². The molecule has 0 aromatic heterocycles. The Morgan fingerprint density at radius 1 is 1.50 bits per heavy atom. The molecule has 0 amide bonds. The molecule has 100 valence electrons. The molecule has 4 heteroatoms. The highest BCUT2D eigenvalue weighted by Crippen LogP contribution is 2.23. The van der Waals surface area contributed by atoms with E-state index in [9.17, 15) is 9.50 Å². The van der Waals surface area contributed by atoms with E-state index in [0.29, 0.717) is 31.4 Å². The maximum Gasteiger partial charge on any atom is 0.123 e. The number of halogens is 1. The summed E-state index contributed by atoms with van der Waals surface area (Å²) >= 11 is 0. The minimum atomic E-state index is -0.376. The molecule has 1 fully saturated rings. The van der Waals surface area contributed by atoms with Crippen molar-refractivity contribution in [3.8, 4) is 5.75 Å². The first-order valence-corrected chi connectivity index (χ1v) is 6.48. The Hall–Kier alpha value is -1.13. The standard InChI is InChI=1S/C14H20FNO2/c1-10(17)6-7-18-14-5-2-12(15)8-11(14)9-16-13-3-4-13/h2,5,8,10,13,16-17H,3-4,6-7,9H2,1H3. The molecule has 2 N–H and O–H groups in total. The molecule has 1 aromatic carbocycles. The fraction of sp³-hybridized carbons (Fsp3) is 0.571. The zero-order valence-corrected chi connectivity index (χ0v) is 10.7. The van der Waals surface area contributed by atoms with Gasteiger partial charge in [-0.2, -0.15) is 0 Å². The summed E-state index contributed by atoms with van der Waals surface area (Å²) in [6.07, 6.45) is 2.60. The maximum absolute atomic E-state index is 13.2. The minimum absolute atomic E-state index is 0.245. The second-order valence-electron chi connectivity index (χ2n) is 4.89. The third kappa shape index (κ3) is 4.27. The molecular formula is C14H20FNO2. The Kier molecular flexibility index (Phi) is 4.55. The number of ether oxygens (including phenoxy) is 1. The summed E-state index contributed by atoms with van der Waals surface area (Å²) in [4.78, 5) is 0. The van der Waals surface area contributed by atoms with Gasteiger partial charge in [0.25, 0.3) is 0 Å². The van der Waals surface area contributed by atoms with E-state index in [1.165, 1.54) is 25.0 Å². The lowest BCUT2D eigenvalue weighted by molar-refractivity contribution is 0.155. The zero-order valence-electron chi connectivity index (χ0n) is 10.7. The molecule has 1 aliphatic rings. The molecule has 0 spiro atoms. The van der Waals surface area contributed by atoms with Crippen LogP contribution in [-0.2, 0) is 6.54 Å². The van der Waals surface area contributed by atoms with Crippen LogP contribution in [0, 0.1) is 5.82 Å². The quantitative estimate of drug-likeness (QED) is 0.783. The highest BCUT2D eigenvalue weighted by atomic mass is 19.1. The molecule has 1 aromatic rings. The van der Waals surface area contributed by atoms with E-state index in [0.717, 1.165) is 5.56 Å².